The maximum atomic E-state index is 10.3. The van der Waals surface area contributed by atoms with Crippen LogP contribution in [0.1, 0.15) is 31.2 Å². The minimum absolute atomic E-state index is 0.281. The molecule has 0 amide bonds. The molecule has 4 heteroatoms. The van der Waals surface area contributed by atoms with Gasteiger partial charge in [-0.3, -0.25) is 4.79 Å². The maximum absolute atomic E-state index is 10.3. The van der Waals surface area contributed by atoms with E-state index >= 15 is 0 Å². The molecule has 0 fully saturated rings. The molecule has 0 aromatic heterocycles. The van der Waals surface area contributed by atoms with Gasteiger partial charge in [-0.15, -0.1) is 0 Å². The number of unbranched alkanes of at least 4 members (excludes halogenated alkanes) is 2. The molecule has 0 aliphatic heterocycles. The predicted molar refractivity (Wildman–Crippen MR) is 73.5 cm³/mol. The van der Waals surface area contributed by atoms with E-state index in [0.29, 0.717) is 0 Å². The Morgan fingerprint density at radius 1 is 1.22 bits per heavy atom. The van der Waals surface area contributed by atoms with Crippen LogP contribution in [-0.4, -0.2) is 24.2 Å². The van der Waals surface area contributed by atoms with Crippen LogP contribution < -0.4 is 11.1 Å². The lowest BCUT2D eigenvalue weighted by Gasteiger charge is -2.05. The highest BCUT2D eigenvalue weighted by Crippen LogP contribution is 2.06. The van der Waals surface area contributed by atoms with Gasteiger partial charge in [0.25, 0.3) is 0 Å². The van der Waals surface area contributed by atoms with E-state index in [0.717, 1.165) is 44.5 Å². The SMILES string of the molecule is Nc1cccc(CCNCCCCCC(=O)O)c1. The highest BCUT2D eigenvalue weighted by Gasteiger charge is 1.96. The lowest BCUT2D eigenvalue weighted by atomic mass is 10.1. The van der Waals surface area contributed by atoms with Crippen molar-refractivity contribution < 1.29 is 9.90 Å². The van der Waals surface area contributed by atoms with Gasteiger partial charge in [0.05, 0.1) is 0 Å². The number of benzene rings is 1. The van der Waals surface area contributed by atoms with Crippen LogP contribution in [0.3, 0.4) is 0 Å². The van der Waals surface area contributed by atoms with Crippen molar-refractivity contribution in [1.29, 1.82) is 0 Å². The van der Waals surface area contributed by atoms with E-state index < -0.39 is 5.97 Å². The number of carboxylic acids is 1. The van der Waals surface area contributed by atoms with Gasteiger partial charge in [-0.25, -0.2) is 0 Å². The molecule has 0 saturated carbocycles. The largest absolute Gasteiger partial charge is 0.481 e. The highest BCUT2D eigenvalue weighted by molar-refractivity contribution is 5.66. The van der Waals surface area contributed by atoms with Crippen molar-refractivity contribution in [2.45, 2.75) is 32.1 Å². The molecule has 1 aromatic carbocycles. The van der Waals surface area contributed by atoms with Gasteiger partial charge in [0.2, 0.25) is 0 Å². The highest BCUT2D eigenvalue weighted by atomic mass is 16.4. The smallest absolute Gasteiger partial charge is 0.303 e. The number of carboxylic acid groups (broad SMARTS) is 1. The molecular weight excluding hydrogens is 228 g/mol. The molecule has 0 aliphatic rings. The Morgan fingerprint density at radius 3 is 2.78 bits per heavy atom. The zero-order valence-corrected chi connectivity index (χ0v) is 10.7. The maximum Gasteiger partial charge on any atom is 0.303 e. The molecule has 100 valence electrons. The first-order valence-electron chi connectivity index (χ1n) is 6.45. The molecular formula is C14H22N2O2. The summed E-state index contributed by atoms with van der Waals surface area (Å²) in [6.07, 6.45) is 4.03. The van der Waals surface area contributed by atoms with Crippen LogP contribution in [0.4, 0.5) is 5.69 Å². The molecule has 0 atom stereocenters. The second kappa shape index (κ2) is 8.53. The molecule has 1 aromatic rings. The van der Waals surface area contributed by atoms with E-state index in [-0.39, 0.29) is 6.42 Å². The molecule has 1 rings (SSSR count). The summed E-state index contributed by atoms with van der Waals surface area (Å²) in [4.78, 5) is 10.3. The molecule has 0 aliphatic carbocycles. The van der Waals surface area contributed by atoms with Crippen molar-refractivity contribution in [3.05, 3.63) is 29.8 Å². The van der Waals surface area contributed by atoms with Gasteiger partial charge in [0.15, 0.2) is 0 Å². The number of nitrogen functional groups attached to an aromatic ring is 1. The number of aliphatic carboxylic acids is 1. The summed E-state index contributed by atoms with van der Waals surface area (Å²) < 4.78 is 0. The standard InChI is InChI=1S/C14H22N2O2/c15-13-6-4-5-12(11-13)8-10-16-9-3-1-2-7-14(17)18/h4-6,11,16H,1-3,7-10,15H2,(H,17,18). The first-order chi connectivity index (χ1) is 8.68. The number of nitrogens with one attached hydrogen (secondary N) is 1. The molecule has 4 N–H and O–H groups in total. The minimum atomic E-state index is -0.704. The molecule has 4 nitrogen and oxygen atoms in total. The Labute approximate surface area is 108 Å². The summed E-state index contributed by atoms with van der Waals surface area (Å²) >= 11 is 0. The fourth-order valence-corrected chi connectivity index (χ4v) is 1.81. The zero-order valence-electron chi connectivity index (χ0n) is 10.7. The van der Waals surface area contributed by atoms with Crippen LogP contribution in [0.15, 0.2) is 24.3 Å². The summed E-state index contributed by atoms with van der Waals surface area (Å²) in [5.41, 5.74) is 7.75. The summed E-state index contributed by atoms with van der Waals surface area (Å²) in [6.45, 7) is 1.88. The van der Waals surface area contributed by atoms with Crippen molar-refractivity contribution in [3.63, 3.8) is 0 Å². The normalized spacial score (nSPS) is 10.4. The lowest BCUT2D eigenvalue weighted by molar-refractivity contribution is -0.137. The Bertz CT molecular complexity index is 367. The molecule has 0 heterocycles. The number of anilines is 1. The van der Waals surface area contributed by atoms with Crippen LogP contribution in [0.25, 0.3) is 0 Å². The third kappa shape index (κ3) is 6.91. The van der Waals surface area contributed by atoms with Crippen LogP contribution in [0.5, 0.6) is 0 Å². The fourth-order valence-electron chi connectivity index (χ4n) is 1.81. The third-order valence-corrected chi connectivity index (χ3v) is 2.79. The topological polar surface area (TPSA) is 75.3 Å². The van der Waals surface area contributed by atoms with E-state index in [1.165, 1.54) is 5.56 Å². The molecule has 0 bridgehead atoms. The van der Waals surface area contributed by atoms with Crippen molar-refractivity contribution >= 4 is 11.7 Å². The third-order valence-electron chi connectivity index (χ3n) is 2.79. The van der Waals surface area contributed by atoms with Crippen molar-refractivity contribution in [3.8, 4) is 0 Å². The molecule has 0 saturated heterocycles. The average Bonchev–Trinajstić information content (AvgIpc) is 2.32. The summed E-state index contributed by atoms with van der Waals surface area (Å²) in [5, 5.41) is 11.8. The second-order valence-corrected chi connectivity index (χ2v) is 4.45. The van der Waals surface area contributed by atoms with E-state index in [9.17, 15) is 4.79 Å². The van der Waals surface area contributed by atoms with Crippen LogP contribution in [0, 0.1) is 0 Å². The van der Waals surface area contributed by atoms with Crippen molar-refractivity contribution in [1.82, 2.24) is 5.32 Å². The van der Waals surface area contributed by atoms with Gasteiger partial charge >= 0.3 is 5.97 Å². The summed E-state index contributed by atoms with van der Waals surface area (Å²) in [6, 6.07) is 7.93. The Balaban J connectivity index is 1.97. The molecule has 0 unspecified atom stereocenters. The quantitative estimate of drug-likeness (QED) is 0.463. The van der Waals surface area contributed by atoms with E-state index in [4.69, 9.17) is 10.8 Å². The number of hydrogen-bond donors (Lipinski definition) is 3. The van der Waals surface area contributed by atoms with Gasteiger partial charge in [0, 0.05) is 12.1 Å². The number of carbonyl (C=O) groups is 1. The Morgan fingerprint density at radius 2 is 2.06 bits per heavy atom. The fraction of sp³-hybridized carbons (Fsp3) is 0.500. The molecule has 18 heavy (non-hydrogen) atoms. The van der Waals surface area contributed by atoms with E-state index in [2.05, 4.69) is 11.4 Å². The van der Waals surface area contributed by atoms with Crippen LogP contribution >= 0.6 is 0 Å². The average molecular weight is 250 g/mol. The van der Waals surface area contributed by atoms with Gasteiger partial charge < -0.3 is 16.2 Å². The van der Waals surface area contributed by atoms with E-state index in [1.54, 1.807) is 0 Å². The zero-order chi connectivity index (χ0) is 13.2. The van der Waals surface area contributed by atoms with Crippen molar-refractivity contribution in [2.24, 2.45) is 0 Å². The summed E-state index contributed by atoms with van der Waals surface area (Å²) in [7, 11) is 0. The van der Waals surface area contributed by atoms with E-state index in [1.807, 2.05) is 18.2 Å². The number of nitrogens with two attached hydrogens (primary N) is 1. The monoisotopic (exact) mass is 250 g/mol. The van der Waals surface area contributed by atoms with Gasteiger partial charge in [-0.05, 0) is 50.0 Å². The summed E-state index contributed by atoms with van der Waals surface area (Å²) in [5.74, 6) is -0.704. The van der Waals surface area contributed by atoms with Crippen LogP contribution in [-0.2, 0) is 11.2 Å². The molecule has 0 radical (unpaired) electrons. The van der Waals surface area contributed by atoms with Crippen LogP contribution in [0.2, 0.25) is 0 Å². The van der Waals surface area contributed by atoms with Gasteiger partial charge in [0.1, 0.15) is 0 Å². The molecule has 0 spiro atoms. The van der Waals surface area contributed by atoms with Gasteiger partial charge in [-0.2, -0.15) is 0 Å². The lowest BCUT2D eigenvalue weighted by Crippen LogP contribution is -2.18. The number of hydrogen-bond acceptors (Lipinski definition) is 3. The second-order valence-electron chi connectivity index (χ2n) is 4.45. The first-order valence-corrected chi connectivity index (χ1v) is 6.45. The van der Waals surface area contributed by atoms with Crippen molar-refractivity contribution in [2.75, 3.05) is 18.8 Å². The first kappa shape index (κ1) is 14.5. The predicted octanol–water partition coefficient (Wildman–Crippen LogP) is 2.05. The van der Waals surface area contributed by atoms with Gasteiger partial charge in [-0.1, -0.05) is 18.6 Å². The Hall–Kier alpha value is -1.55. The number of rotatable bonds is 9. The minimum Gasteiger partial charge on any atom is -0.481 e. The Kier molecular flexibility index (Phi) is 6.87.